The first-order chi connectivity index (χ1) is 19.5. The number of allylic oxidation sites excluding steroid dienone is 1. The van der Waals surface area contributed by atoms with Gasteiger partial charge in [0.25, 0.3) is 0 Å². The molecule has 1 spiro atoms. The van der Waals surface area contributed by atoms with E-state index in [1.54, 1.807) is 28.9 Å². The monoisotopic (exact) mass is 639 g/mol. The number of halogens is 1. The van der Waals surface area contributed by atoms with E-state index < -0.39 is 41.7 Å². The van der Waals surface area contributed by atoms with Crippen LogP contribution in [-0.4, -0.2) is 99.6 Å². The lowest BCUT2D eigenvalue weighted by atomic mass is 9.70. The molecule has 1 unspecified atom stereocenters. The number of alkyl halides is 1. The second kappa shape index (κ2) is 14.8. The van der Waals surface area contributed by atoms with Crippen molar-refractivity contribution in [2.75, 3.05) is 26.2 Å². The van der Waals surface area contributed by atoms with Crippen molar-refractivity contribution in [1.82, 2.24) is 15.1 Å². The average molecular weight is 641 g/mol. The SMILES string of the molecule is C=CCCC(=O)NC[C@@H](C)OC(=O)[C@@H]1[C@H]2O[C@@]3(CC2Br)[C@H](C(=O)N(CC=C)C(C)C)N(CCCCCCO)C(=O)[C@@H]13. The van der Waals surface area contributed by atoms with E-state index in [9.17, 15) is 19.2 Å². The Morgan fingerprint density at radius 2 is 1.93 bits per heavy atom. The van der Waals surface area contributed by atoms with E-state index in [2.05, 4.69) is 34.4 Å². The van der Waals surface area contributed by atoms with Crippen LogP contribution >= 0.6 is 15.9 Å². The summed E-state index contributed by atoms with van der Waals surface area (Å²) in [5.74, 6) is -2.91. The molecule has 10 nitrogen and oxygen atoms in total. The zero-order chi connectivity index (χ0) is 30.3. The summed E-state index contributed by atoms with van der Waals surface area (Å²) in [4.78, 5) is 57.0. The van der Waals surface area contributed by atoms with Gasteiger partial charge in [0.05, 0.1) is 24.5 Å². The van der Waals surface area contributed by atoms with E-state index in [1.807, 2.05) is 13.8 Å². The number of unbranched alkanes of at least 4 members (excludes halogenated alkanes) is 3. The number of aliphatic hydroxyl groups excluding tert-OH is 1. The van der Waals surface area contributed by atoms with Crippen molar-refractivity contribution >= 4 is 39.6 Å². The number of amides is 3. The maximum Gasteiger partial charge on any atom is 0.312 e. The molecule has 0 saturated carbocycles. The summed E-state index contributed by atoms with van der Waals surface area (Å²) in [6.45, 7) is 13.9. The molecule has 0 aromatic carbocycles. The Hall–Kier alpha value is -2.24. The van der Waals surface area contributed by atoms with Crippen LogP contribution in [0, 0.1) is 11.8 Å². The predicted octanol–water partition coefficient (Wildman–Crippen LogP) is 2.72. The van der Waals surface area contributed by atoms with E-state index in [0.29, 0.717) is 45.2 Å². The Kier molecular flexibility index (Phi) is 12.0. The zero-order valence-corrected chi connectivity index (χ0v) is 26.1. The Labute approximate surface area is 252 Å². The highest BCUT2D eigenvalue weighted by Crippen LogP contribution is 2.60. The normalized spacial score (nSPS) is 28.9. The third-order valence-electron chi connectivity index (χ3n) is 8.31. The molecule has 3 amide bonds. The smallest absolute Gasteiger partial charge is 0.312 e. The quantitative estimate of drug-likeness (QED) is 0.108. The minimum absolute atomic E-state index is 0.114. The topological polar surface area (TPSA) is 125 Å². The van der Waals surface area contributed by atoms with Crippen LogP contribution in [0.15, 0.2) is 25.3 Å². The molecule has 2 bridgehead atoms. The summed E-state index contributed by atoms with van der Waals surface area (Å²) in [6, 6.07) is -0.997. The molecular formula is C30H46BrN3O7. The van der Waals surface area contributed by atoms with E-state index in [4.69, 9.17) is 14.6 Å². The predicted molar refractivity (Wildman–Crippen MR) is 158 cm³/mol. The molecule has 3 rings (SSSR count). The van der Waals surface area contributed by atoms with Crippen molar-refractivity contribution in [3.05, 3.63) is 25.3 Å². The number of esters is 1. The summed E-state index contributed by atoms with van der Waals surface area (Å²) in [6.07, 6.45) is 6.35. The van der Waals surface area contributed by atoms with Crippen LogP contribution in [0.25, 0.3) is 0 Å². The number of nitrogens with zero attached hydrogens (tertiary/aromatic N) is 2. The average Bonchev–Trinajstić information content (AvgIpc) is 3.52. The van der Waals surface area contributed by atoms with Gasteiger partial charge in [0.1, 0.15) is 17.7 Å². The fraction of sp³-hybridized carbons (Fsp3) is 0.733. The second-order valence-electron chi connectivity index (χ2n) is 11.6. The highest BCUT2D eigenvalue weighted by Gasteiger charge is 2.77. The number of hydrogen-bond acceptors (Lipinski definition) is 7. The molecule has 3 aliphatic rings. The van der Waals surface area contributed by atoms with Gasteiger partial charge >= 0.3 is 5.97 Å². The lowest BCUT2D eigenvalue weighted by Crippen LogP contribution is -2.58. The molecule has 0 aromatic heterocycles. The van der Waals surface area contributed by atoms with E-state index in [1.165, 1.54) is 0 Å². The second-order valence-corrected chi connectivity index (χ2v) is 12.8. The lowest BCUT2D eigenvalue weighted by Gasteiger charge is -2.38. The van der Waals surface area contributed by atoms with Gasteiger partial charge in [0, 0.05) is 37.0 Å². The Morgan fingerprint density at radius 3 is 2.56 bits per heavy atom. The van der Waals surface area contributed by atoms with Gasteiger partial charge in [0.2, 0.25) is 17.7 Å². The number of nitrogens with one attached hydrogen (secondary N) is 1. The van der Waals surface area contributed by atoms with Crippen LogP contribution in [0.4, 0.5) is 0 Å². The molecule has 3 aliphatic heterocycles. The summed E-state index contributed by atoms with van der Waals surface area (Å²) in [5, 5.41) is 11.9. The fourth-order valence-corrected chi connectivity index (χ4v) is 7.36. The molecule has 3 saturated heterocycles. The molecule has 0 aromatic rings. The molecule has 0 aliphatic carbocycles. The third kappa shape index (κ3) is 7.05. The van der Waals surface area contributed by atoms with Crippen molar-refractivity contribution in [3.8, 4) is 0 Å². The molecule has 3 fully saturated rings. The van der Waals surface area contributed by atoms with Crippen molar-refractivity contribution in [2.45, 2.75) is 100 Å². The third-order valence-corrected chi connectivity index (χ3v) is 9.16. The number of fused-ring (bicyclic) bond motifs is 1. The number of carbonyl (C=O) groups excluding carboxylic acids is 4. The van der Waals surface area contributed by atoms with Crippen LogP contribution in [0.5, 0.6) is 0 Å². The molecule has 3 heterocycles. The first-order valence-corrected chi connectivity index (χ1v) is 15.7. The van der Waals surface area contributed by atoms with Crippen molar-refractivity contribution < 1.29 is 33.8 Å². The Bertz CT molecular complexity index is 991. The van der Waals surface area contributed by atoms with Gasteiger partial charge in [0.15, 0.2) is 0 Å². The van der Waals surface area contributed by atoms with Gasteiger partial charge in [-0.05, 0) is 46.5 Å². The Morgan fingerprint density at radius 1 is 1.22 bits per heavy atom. The summed E-state index contributed by atoms with van der Waals surface area (Å²) in [5.41, 5.74) is -1.15. The number of likely N-dealkylation sites (tertiary alicyclic amines) is 1. The van der Waals surface area contributed by atoms with Crippen molar-refractivity contribution in [2.24, 2.45) is 11.8 Å². The van der Waals surface area contributed by atoms with E-state index in [-0.39, 0.29) is 41.7 Å². The largest absolute Gasteiger partial charge is 0.460 e. The highest BCUT2D eigenvalue weighted by molar-refractivity contribution is 9.09. The zero-order valence-electron chi connectivity index (χ0n) is 24.6. The summed E-state index contributed by atoms with van der Waals surface area (Å²) >= 11 is 3.68. The number of rotatable bonds is 17. The van der Waals surface area contributed by atoms with Gasteiger partial charge in [-0.15, -0.1) is 13.2 Å². The molecule has 7 atom stereocenters. The molecule has 230 valence electrons. The lowest BCUT2D eigenvalue weighted by molar-refractivity contribution is -0.159. The van der Waals surface area contributed by atoms with Crippen molar-refractivity contribution in [1.29, 1.82) is 0 Å². The van der Waals surface area contributed by atoms with Crippen LogP contribution in [0.3, 0.4) is 0 Å². The first-order valence-electron chi connectivity index (χ1n) is 14.8. The van der Waals surface area contributed by atoms with Gasteiger partial charge < -0.3 is 29.7 Å². The number of carbonyl (C=O) groups is 4. The molecular weight excluding hydrogens is 594 g/mol. The van der Waals surface area contributed by atoms with Gasteiger partial charge in [-0.1, -0.05) is 40.9 Å². The van der Waals surface area contributed by atoms with E-state index in [0.717, 1.165) is 12.8 Å². The van der Waals surface area contributed by atoms with Gasteiger partial charge in [-0.25, -0.2) is 0 Å². The maximum atomic E-state index is 14.2. The molecule has 41 heavy (non-hydrogen) atoms. The molecule has 11 heteroatoms. The maximum absolute atomic E-state index is 14.2. The molecule has 0 radical (unpaired) electrons. The fourth-order valence-electron chi connectivity index (χ4n) is 6.42. The Balaban J connectivity index is 1.85. The van der Waals surface area contributed by atoms with Crippen LogP contribution in [0.2, 0.25) is 0 Å². The van der Waals surface area contributed by atoms with E-state index >= 15 is 0 Å². The standard InChI is InChI=1S/C30H46BrN3O7/c1-6-8-13-22(36)32-18-20(5)40-29(39)23-24-27(37)34(15-11-9-10-12-16-35)26(28(38)33(14-7-2)19(3)4)30(24)17-21(31)25(23)41-30/h6-7,19-21,23-26,35H,1-2,8-18H2,3-5H3,(H,32,36)/t20-,21?,23+,24-,25+,26+,30-/m1/s1. The minimum Gasteiger partial charge on any atom is -0.460 e. The van der Waals surface area contributed by atoms with Crippen molar-refractivity contribution in [3.63, 3.8) is 0 Å². The number of ether oxygens (including phenoxy) is 2. The van der Waals surface area contributed by atoms with Crippen LogP contribution < -0.4 is 5.32 Å². The summed E-state index contributed by atoms with van der Waals surface area (Å²) in [7, 11) is 0. The minimum atomic E-state index is -1.15. The molecule has 2 N–H and O–H groups in total. The number of hydrogen-bond donors (Lipinski definition) is 2. The van der Waals surface area contributed by atoms with Crippen LogP contribution in [0.1, 0.15) is 65.7 Å². The van der Waals surface area contributed by atoms with Gasteiger partial charge in [-0.2, -0.15) is 0 Å². The van der Waals surface area contributed by atoms with Gasteiger partial charge in [-0.3, -0.25) is 19.2 Å². The summed E-state index contributed by atoms with van der Waals surface area (Å²) < 4.78 is 12.3. The highest BCUT2D eigenvalue weighted by atomic mass is 79.9. The van der Waals surface area contributed by atoms with Crippen LogP contribution in [-0.2, 0) is 28.7 Å². The number of aliphatic hydroxyl groups is 1. The first kappa shape index (κ1) is 33.3.